The van der Waals surface area contributed by atoms with Crippen LogP contribution in [0.3, 0.4) is 0 Å². The van der Waals surface area contributed by atoms with Gasteiger partial charge in [0, 0.05) is 46.0 Å². The van der Waals surface area contributed by atoms with Gasteiger partial charge in [-0.1, -0.05) is 6.92 Å². The van der Waals surface area contributed by atoms with E-state index in [1.165, 1.54) is 16.4 Å². The van der Waals surface area contributed by atoms with Crippen molar-refractivity contribution >= 4 is 15.9 Å². The van der Waals surface area contributed by atoms with Crippen LogP contribution < -0.4 is 0 Å². The number of methoxy groups -OCH3 is 2. The predicted molar refractivity (Wildman–Crippen MR) is 103 cm³/mol. The van der Waals surface area contributed by atoms with Gasteiger partial charge < -0.3 is 14.4 Å². The summed E-state index contributed by atoms with van der Waals surface area (Å²) in [5, 5.41) is 0. The summed E-state index contributed by atoms with van der Waals surface area (Å²) in [5.74, 6) is 0.390. The van der Waals surface area contributed by atoms with Crippen LogP contribution in [0.25, 0.3) is 0 Å². The average molecular weight is 399 g/mol. The fourth-order valence-corrected chi connectivity index (χ4v) is 4.51. The number of rotatable bonds is 9. The smallest absolute Gasteiger partial charge is 0.254 e. The van der Waals surface area contributed by atoms with Crippen LogP contribution in [-0.4, -0.2) is 77.1 Å². The third-order valence-electron chi connectivity index (χ3n) is 4.90. The van der Waals surface area contributed by atoms with Crippen LogP contribution in [0, 0.1) is 5.92 Å². The van der Waals surface area contributed by atoms with Crippen LogP contribution >= 0.6 is 0 Å². The molecule has 0 atom stereocenters. The predicted octanol–water partition coefficient (Wildman–Crippen LogP) is 1.84. The highest BCUT2D eigenvalue weighted by Gasteiger charge is 2.28. The van der Waals surface area contributed by atoms with Crippen LogP contribution in [0.1, 0.15) is 30.1 Å². The van der Waals surface area contributed by atoms with Crippen molar-refractivity contribution in [1.82, 2.24) is 9.21 Å². The van der Waals surface area contributed by atoms with Crippen molar-refractivity contribution < 1.29 is 22.7 Å². The van der Waals surface area contributed by atoms with Gasteiger partial charge in [-0.2, -0.15) is 4.31 Å². The molecule has 1 aliphatic heterocycles. The molecule has 0 bridgehead atoms. The summed E-state index contributed by atoms with van der Waals surface area (Å²) in [5.41, 5.74) is 0.452. The highest BCUT2D eigenvalue weighted by molar-refractivity contribution is 7.89. The molecule has 0 unspecified atom stereocenters. The van der Waals surface area contributed by atoms with Crippen LogP contribution in [0.2, 0.25) is 0 Å². The van der Waals surface area contributed by atoms with Gasteiger partial charge in [-0.05, 0) is 43.0 Å². The highest BCUT2D eigenvalue weighted by Crippen LogP contribution is 2.23. The van der Waals surface area contributed by atoms with Crippen molar-refractivity contribution in [2.45, 2.75) is 24.7 Å². The zero-order valence-electron chi connectivity index (χ0n) is 16.4. The van der Waals surface area contributed by atoms with Gasteiger partial charge in [-0.3, -0.25) is 4.79 Å². The third-order valence-corrected chi connectivity index (χ3v) is 6.81. The van der Waals surface area contributed by atoms with Gasteiger partial charge >= 0.3 is 0 Å². The van der Waals surface area contributed by atoms with E-state index in [1.54, 1.807) is 31.3 Å². The largest absolute Gasteiger partial charge is 0.383 e. The lowest BCUT2D eigenvalue weighted by Gasteiger charge is -2.29. The first-order valence-electron chi connectivity index (χ1n) is 9.27. The van der Waals surface area contributed by atoms with Crippen molar-refractivity contribution in [3.05, 3.63) is 29.8 Å². The van der Waals surface area contributed by atoms with E-state index in [0.717, 1.165) is 12.8 Å². The minimum atomic E-state index is -3.51. The minimum Gasteiger partial charge on any atom is -0.383 e. The van der Waals surface area contributed by atoms with E-state index in [-0.39, 0.29) is 10.8 Å². The fraction of sp³-hybridized carbons (Fsp3) is 0.632. The number of carbonyl (C=O) groups is 1. The molecule has 1 heterocycles. The van der Waals surface area contributed by atoms with Gasteiger partial charge in [0.15, 0.2) is 0 Å². The Balaban J connectivity index is 2.11. The van der Waals surface area contributed by atoms with Crippen molar-refractivity contribution in [3.8, 4) is 0 Å². The maximum atomic E-state index is 12.8. The molecule has 0 aliphatic carbocycles. The molecule has 152 valence electrons. The van der Waals surface area contributed by atoms with Crippen LogP contribution in [0.5, 0.6) is 0 Å². The summed E-state index contributed by atoms with van der Waals surface area (Å²) in [6, 6.07) is 6.19. The van der Waals surface area contributed by atoms with Gasteiger partial charge in [-0.25, -0.2) is 8.42 Å². The van der Waals surface area contributed by atoms with Crippen molar-refractivity contribution in [2.24, 2.45) is 5.92 Å². The summed E-state index contributed by atoms with van der Waals surface area (Å²) in [4.78, 5) is 14.6. The second-order valence-corrected chi connectivity index (χ2v) is 8.83. The van der Waals surface area contributed by atoms with E-state index >= 15 is 0 Å². The molecule has 1 fully saturated rings. The number of hydrogen-bond acceptors (Lipinski definition) is 5. The first kappa shape index (κ1) is 21.8. The zero-order valence-corrected chi connectivity index (χ0v) is 17.2. The molecule has 0 aromatic heterocycles. The Hall–Kier alpha value is -1.48. The molecule has 0 spiro atoms. The van der Waals surface area contributed by atoms with Crippen LogP contribution in [-0.2, 0) is 19.5 Å². The van der Waals surface area contributed by atoms with Crippen molar-refractivity contribution in [2.75, 3.05) is 53.6 Å². The summed E-state index contributed by atoms with van der Waals surface area (Å²) in [6.45, 7) is 4.99. The Morgan fingerprint density at radius 2 is 1.59 bits per heavy atom. The second-order valence-electron chi connectivity index (χ2n) is 6.89. The first-order chi connectivity index (χ1) is 12.9. The molecule has 0 radical (unpaired) electrons. The van der Waals surface area contributed by atoms with Gasteiger partial charge in [0.2, 0.25) is 10.0 Å². The molecule has 1 aromatic carbocycles. The van der Waals surface area contributed by atoms with Gasteiger partial charge in [0.1, 0.15) is 0 Å². The van der Waals surface area contributed by atoms with Crippen molar-refractivity contribution in [1.29, 1.82) is 0 Å². The normalized spacial score (nSPS) is 16.4. The number of hydrogen-bond donors (Lipinski definition) is 0. The van der Waals surface area contributed by atoms with E-state index in [4.69, 9.17) is 9.47 Å². The highest BCUT2D eigenvalue weighted by atomic mass is 32.2. The average Bonchev–Trinajstić information content (AvgIpc) is 2.68. The molecule has 7 nitrogen and oxygen atoms in total. The number of benzene rings is 1. The monoisotopic (exact) mass is 398 g/mol. The SMILES string of the molecule is COCCN(CCOC)C(=O)c1ccc(S(=O)(=O)N2CCC(C)CC2)cc1. The molecule has 0 saturated carbocycles. The number of piperidine rings is 1. The molecule has 1 saturated heterocycles. The first-order valence-corrected chi connectivity index (χ1v) is 10.7. The van der Waals surface area contributed by atoms with Crippen LogP contribution in [0.4, 0.5) is 0 Å². The molecular weight excluding hydrogens is 368 g/mol. The zero-order chi connectivity index (χ0) is 19.9. The van der Waals surface area contributed by atoms with E-state index in [9.17, 15) is 13.2 Å². The van der Waals surface area contributed by atoms with Gasteiger partial charge in [0.05, 0.1) is 18.1 Å². The lowest BCUT2D eigenvalue weighted by atomic mass is 10.0. The number of nitrogens with zero attached hydrogens (tertiary/aromatic N) is 2. The Labute approximate surface area is 162 Å². The summed E-state index contributed by atoms with van der Waals surface area (Å²) in [6.07, 6.45) is 1.76. The van der Waals surface area contributed by atoms with Gasteiger partial charge in [-0.15, -0.1) is 0 Å². The van der Waals surface area contributed by atoms with E-state index in [0.29, 0.717) is 50.9 Å². The molecular formula is C19H30N2O5S. The minimum absolute atomic E-state index is 0.167. The lowest BCUT2D eigenvalue weighted by molar-refractivity contribution is 0.0627. The topological polar surface area (TPSA) is 76.1 Å². The fourth-order valence-electron chi connectivity index (χ4n) is 3.04. The lowest BCUT2D eigenvalue weighted by Crippen LogP contribution is -2.38. The van der Waals surface area contributed by atoms with Crippen LogP contribution in [0.15, 0.2) is 29.2 Å². The molecule has 8 heteroatoms. The summed E-state index contributed by atoms with van der Waals surface area (Å²) >= 11 is 0. The molecule has 0 N–H and O–H groups in total. The second kappa shape index (κ2) is 10.2. The Morgan fingerprint density at radius 3 is 2.07 bits per heavy atom. The number of sulfonamides is 1. The number of amides is 1. The molecule has 2 rings (SSSR count). The van der Waals surface area contributed by atoms with E-state index in [2.05, 4.69) is 6.92 Å². The van der Waals surface area contributed by atoms with E-state index in [1.807, 2.05) is 0 Å². The Morgan fingerprint density at radius 1 is 1.07 bits per heavy atom. The van der Waals surface area contributed by atoms with Crippen molar-refractivity contribution in [3.63, 3.8) is 0 Å². The molecule has 27 heavy (non-hydrogen) atoms. The standard InChI is InChI=1S/C19H30N2O5S/c1-16-8-10-21(11-9-16)27(23,24)18-6-4-17(5-7-18)19(22)20(12-14-25-2)13-15-26-3/h4-7,16H,8-15H2,1-3H3. The number of ether oxygens (including phenoxy) is 2. The molecule has 1 amide bonds. The van der Waals surface area contributed by atoms with E-state index < -0.39 is 10.0 Å². The summed E-state index contributed by atoms with van der Waals surface area (Å²) < 4.78 is 37.2. The third kappa shape index (κ3) is 5.75. The maximum absolute atomic E-state index is 12.8. The molecule has 1 aromatic rings. The number of carbonyl (C=O) groups excluding carboxylic acids is 1. The summed E-state index contributed by atoms with van der Waals surface area (Å²) in [7, 11) is -0.341. The quantitative estimate of drug-likeness (QED) is 0.634. The maximum Gasteiger partial charge on any atom is 0.254 e. The Kier molecular flexibility index (Phi) is 8.22. The Bertz CT molecular complexity index is 689. The van der Waals surface area contributed by atoms with Gasteiger partial charge in [0.25, 0.3) is 5.91 Å². The molecule has 1 aliphatic rings.